The first-order valence-electron chi connectivity index (χ1n) is 10.0. The molecule has 1 aromatic carbocycles. The van der Waals surface area contributed by atoms with Gasteiger partial charge in [0.2, 0.25) is 5.91 Å². The fourth-order valence-electron chi connectivity index (χ4n) is 3.97. The molecule has 1 N–H and O–H groups in total. The van der Waals surface area contributed by atoms with E-state index in [9.17, 15) is 9.18 Å². The van der Waals surface area contributed by atoms with Gasteiger partial charge >= 0.3 is 0 Å². The van der Waals surface area contributed by atoms with Gasteiger partial charge in [0.15, 0.2) is 6.79 Å². The first kappa shape index (κ1) is 20.3. The van der Waals surface area contributed by atoms with Gasteiger partial charge in [-0.25, -0.2) is 9.37 Å². The summed E-state index contributed by atoms with van der Waals surface area (Å²) >= 11 is 1.67. The van der Waals surface area contributed by atoms with E-state index in [1.807, 2.05) is 6.92 Å². The summed E-state index contributed by atoms with van der Waals surface area (Å²) in [5.41, 5.74) is 2.61. The smallest absolute Gasteiger partial charge is 0.223 e. The number of amides is 1. The third-order valence-electron chi connectivity index (χ3n) is 5.46. The van der Waals surface area contributed by atoms with Crippen molar-refractivity contribution in [2.45, 2.75) is 39.3 Å². The van der Waals surface area contributed by atoms with E-state index in [1.165, 1.54) is 12.1 Å². The molecule has 156 valence electrons. The summed E-state index contributed by atoms with van der Waals surface area (Å²) in [4.78, 5) is 19.4. The fourth-order valence-corrected chi connectivity index (χ4v) is 4.57. The van der Waals surface area contributed by atoms with E-state index in [1.54, 1.807) is 11.3 Å². The van der Waals surface area contributed by atoms with Gasteiger partial charge in [0, 0.05) is 30.0 Å². The van der Waals surface area contributed by atoms with Gasteiger partial charge in [-0.1, -0.05) is 0 Å². The predicted molar refractivity (Wildman–Crippen MR) is 108 cm³/mol. The Morgan fingerprint density at radius 1 is 1.38 bits per heavy atom. The highest BCUT2D eigenvalue weighted by atomic mass is 32.1. The Kier molecular flexibility index (Phi) is 6.42. The maximum absolute atomic E-state index is 13.8. The molecule has 8 heteroatoms. The van der Waals surface area contributed by atoms with Crippen molar-refractivity contribution in [2.24, 2.45) is 5.92 Å². The molecule has 0 bridgehead atoms. The normalized spacial score (nSPS) is 17.6. The molecular formula is C21H26FN3O3S. The van der Waals surface area contributed by atoms with E-state index in [2.05, 4.69) is 20.6 Å². The monoisotopic (exact) mass is 419 g/mol. The van der Waals surface area contributed by atoms with E-state index >= 15 is 0 Å². The first-order chi connectivity index (χ1) is 14.1. The zero-order valence-corrected chi connectivity index (χ0v) is 17.4. The van der Waals surface area contributed by atoms with Crippen LogP contribution in [0.25, 0.3) is 0 Å². The molecule has 2 aromatic rings. The van der Waals surface area contributed by atoms with Gasteiger partial charge < -0.3 is 14.8 Å². The lowest BCUT2D eigenvalue weighted by molar-refractivity contribution is -0.126. The largest absolute Gasteiger partial charge is 0.467 e. The van der Waals surface area contributed by atoms with Crippen molar-refractivity contribution >= 4 is 17.2 Å². The Labute approximate surface area is 174 Å². The molecule has 1 aromatic heterocycles. The Hall–Kier alpha value is -2.03. The number of rotatable bonds is 6. The lowest BCUT2D eigenvalue weighted by Gasteiger charge is -2.30. The van der Waals surface area contributed by atoms with Crippen molar-refractivity contribution in [3.05, 3.63) is 45.2 Å². The van der Waals surface area contributed by atoms with E-state index < -0.39 is 0 Å². The standard InChI is InChI=1S/C21H26FN3O3S/c1-14-24-19(12-29-14)10-25-6-3-15(4-7-25)21(26)23-5-2-16-8-18(22)9-17-11-27-13-28-20(16)17/h8-9,12,15H,2-7,10-11,13H2,1H3,(H,23,26). The number of piperidine rings is 1. The summed E-state index contributed by atoms with van der Waals surface area (Å²) in [6, 6.07) is 2.92. The number of nitrogens with zero attached hydrogens (tertiary/aromatic N) is 2. The lowest BCUT2D eigenvalue weighted by atomic mass is 9.95. The number of fused-ring (bicyclic) bond motifs is 1. The Morgan fingerprint density at radius 2 is 2.21 bits per heavy atom. The van der Waals surface area contributed by atoms with Crippen molar-refractivity contribution < 1.29 is 18.7 Å². The number of hydrogen-bond donors (Lipinski definition) is 1. The molecule has 1 saturated heterocycles. The van der Waals surface area contributed by atoms with Gasteiger partial charge in [-0.2, -0.15) is 0 Å². The topological polar surface area (TPSA) is 63.7 Å². The second kappa shape index (κ2) is 9.19. The minimum absolute atomic E-state index is 0.0366. The molecule has 0 radical (unpaired) electrons. The summed E-state index contributed by atoms with van der Waals surface area (Å²) < 4.78 is 24.6. The third kappa shape index (κ3) is 5.12. The molecular weight excluding hydrogens is 393 g/mol. The van der Waals surface area contributed by atoms with Crippen LogP contribution in [0.15, 0.2) is 17.5 Å². The molecule has 0 atom stereocenters. The van der Waals surface area contributed by atoms with Crippen LogP contribution in [0.2, 0.25) is 0 Å². The van der Waals surface area contributed by atoms with Crippen LogP contribution < -0.4 is 10.1 Å². The Bertz CT molecular complexity index is 865. The zero-order valence-electron chi connectivity index (χ0n) is 16.6. The van der Waals surface area contributed by atoms with Crippen LogP contribution in [0, 0.1) is 18.7 Å². The number of aromatic nitrogens is 1. The van der Waals surface area contributed by atoms with Crippen molar-refractivity contribution in [1.29, 1.82) is 0 Å². The average Bonchev–Trinajstić information content (AvgIpc) is 3.13. The molecule has 29 heavy (non-hydrogen) atoms. The number of benzene rings is 1. The predicted octanol–water partition coefficient (Wildman–Crippen LogP) is 3.03. The van der Waals surface area contributed by atoms with Gasteiger partial charge in [0.25, 0.3) is 0 Å². The van der Waals surface area contributed by atoms with E-state index in [0.29, 0.717) is 25.3 Å². The van der Waals surface area contributed by atoms with Crippen molar-refractivity contribution in [3.63, 3.8) is 0 Å². The second-order valence-corrected chi connectivity index (χ2v) is 8.68. The van der Waals surface area contributed by atoms with Crippen molar-refractivity contribution in [1.82, 2.24) is 15.2 Å². The summed E-state index contributed by atoms with van der Waals surface area (Å²) in [7, 11) is 0. The molecule has 0 saturated carbocycles. The summed E-state index contributed by atoms with van der Waals surface area (Å²) in [6.07, 6.45) is 2.24. The molecule has 1 fully saturated rings. The summed E-state index contributed by atoms with van der Waals surface area (Å²) in [5.74, 6) is 0.512. The number of aryl methyl sites for hydroxylation is 1. The van der Waals surface area contributed by atoms with E-state index in [0.717, 1.165) is 54.3 Å². The Balaban J connectivity index is 1.23. The summed E-state index contributed by atoms with van der Waals surface area (Å²) in [5, 5.41) is 6.21. The number of ether oxygens (including phenoxy) is 2. The highest BCUT2D eigenvalue weighted by Gasteiger charge is 2.25. The quantitative estimate of drug-likeness (QED) is 0.780. The fraction of sp³-hybridized carbons (Fsp3) is 0.524. The molecule has 0 aliphatic carbocycles. The third-order valence-corrected chi connectivity index (χ3v) is 6.28. The van der Waals surface area contributed by atoms with Crippen LogP contribution in [0.5, 0.6) is 5.75 Å². The molecule has 0 unspecified atom stereocenters. The van der Waals surface area contributed by atoms with E-state index in [-0.39, 0.29) is 24.4 Å². The molecule has 3 heterocycles. The minimum atomic E-state index is -0.304. The van der Waals surface area contributed by atoms with E-state index in [4.69, 9.17) is 9.47 Å². The van der Waals surface area contributed by atoms with Crippen LogP contribution >= 0.6 is 11.3 Å². The van der Waals surface area contributed by atoms with Crippen LogP contribution in [0.4, 0.5) is 4.39 Å². The molecule has 2 aliphatic heterocycles. The maximum atomic E-state index is 13.8. The van der Waals surface area contributed by atoms with Crippen molar-refractivity contribution in [3.8, 4) is 5.75 Å². The number of carbonyl (C=O) groups is 1. The highest BCUT2D eigenvalue weighted by Crippen LogP contribution is 2.29. The molecule has 6 nitrogen and oxygen atoms in total. The maximum Gasteiger partial charge on any atom is 0.223 e. The van der Waals surface area contributed by atoms with Gasteiger partial charge in [0.1, 0.15) is 11.6 Å². The number of nitrogens with one attached hydrogen (secondary N) is 1. The number of halogens is 1. The highest BCUT2D eigenvalue weighted by molar-refractivity contribution is 7.09. The van der Waals surface area contributed by atoms with Gasteiger partial charge in [-0.05, 0) is 57.0 Å². The number of hydrogen-bond acceptors (Lipinski definition) is 6. The second-order valence-electron chi connectivity index (χ2n) is 7.61. The van der Waals surface area contributed by atoms with Crippen LogP contribution in [-0.4, -0.2) is 42.2 Å². The average molecular weight is 420 g/mol. The number of carbonyl (C=O) groups excluding carboxylic acids is 1. The van der Waals surface area contributed by atoms with Crippen molar-refractivity contribution in [2.75, 3.05) is 26.4 Å². The SMILES string of the molecule is Cc1nc(CN2CCC(C(=O)NCCc3cc(F)cc4c3OCOC4)CC2)cs1. The molecule has 0 spiro atoms. The number of thiazole rings is 1. The van der Waals surface area contributed by atoms with Crippen LogP contribution in [0.1, 0.15) is 34.7 Å². The molecule has 2 aliphatic rings. The lowest BCUT2D eigenvalue weighted by Crippen LogP contribution is -2.40. The minimum Gasteiger partial charge on any atom is -0.467 e. The molecule has 1 amide bonds. The van der Waals surface area contributed by atoms with Gasteiger partial charge in [0.05, 0.1) is 17.3 Å². The first-order valence-corrected chi connectivity index (χ1v) is 10.9. The van der Waals surface area contributed by atoms with Crippen LogP contribution in [0.3, 0.4) is 0 Å². The Morgan fingerprint density at radius 3 is 2.97 bits per heavy atom. The zero-order chi connectivity index (χ0) is 20.2. The number of likely N-dealkylation sites (tertiary alicyclic amines) is 1. The summed E-state index contributed by atoms with van der Waals surface area (Å²) in [6.45, 7) is 5.68. The van der Waals surface area contributed by atoms with Gasteiger partial charge in [-0.3, -0.25) is 9.69 Å². The van der Waals surface area contributed by atoms with Crippen LogP contribution in [-0.2, 0) is 29.1 Å². The van der Waals surface area contributed by atoms with Gasteiger partial charge in [-0.15, -0.1) is 11.3 Å². The molecule has 4 rings (SSSR count).